The lowest BCUT2D eigenvalue weighted by atomic mass is 10.1. The highest BCUT2D eigenvalue weighted by molar-refractivity contribution is 5.85. The van der Waals surface area contributed by atoms with Crippen LogP contribution >= 0.6 is 0 Å². The number of aromatic nitrogens is 3. The molecule has 0 radical (unpaired) electrons. The van der Waals surface area contributed by atoms with E-state index in [-0.39, 0.29) is 5.82 Å². The van der Waals surface area contributed by atoms with E-state index in [4.69, 9.17) is 4.42 Å². The number of nitrogens with zero attached hydrogens (tertiary/aromatic N) is 3. The van der Waals surface area contributed by atoms with Gasteiger partial charge in [0.05, 0.1) is 17.6 Å². The molecule has 1 aliphatic rings. The predicted octanol–water partition coefficient (Wildman–Crippen LogP) is 4.30. The van der Waals surface area contributed by atoms with Gasteiger partial charge in [0, 0.05) is 38.7 Å². The minimum Gasteiger partial charge on any atom is -0.469 e. The Kier molecular flexibility index (Phi) is 4.63. The van der Waals surface area contributed by atoms with Crippen LogP contribution in [0.2, 0.25) is 0 Å². The quantitative estimate of drug-likeness (QED) is 0.492. The van der Waals surface area contributed by atoms with Gasteiger partial charge in [-0.3, -0.25) is 0 Å². The monoisotopic (exact) mass is 391 g/mol. The predicted molar refractivity (Wildman–Crippen MR) is 111 cm³/mol. The Morgan fingerprint density at radius 1 is 1.17 bits per heavy atom. The third-order valence-electron chi connectivity index (χ3n) is 5.32. The van der Waals surface area contributed by atoms with E-state index < -0.39 is 0 Å². The molecule has 1 saturated heterocycles. The van der Waals surface area contributed by atoms with Gasteiger partial charge >= 0.3 is 0 Å². The summed E-state index contributed by atoms with van der Waals surface area (Å²) in [7, 11) is 0. The van der Waals surface area contributed by atoms with E-state index in [0.29, 0.717) is 17.9 Å². The first-order chi connectivity index (χ1) is 14.3. The Hall–Kier alpha value is -3.35. The summed E-state index contributed by atoms with van der Waals surface area (Å²) in [6.45, 7) is 2.40. The Balaban J connectivity index is 1.29. The molecule has 2 N–H and O–H groups in total. The molecular weight excluding hydrogens is 369 g/mol. The number of hydrogen-bond donors (Lipinski definition) is 2. The van der Waals surface area contributed by atoms with Gasteiger partial charge in [-0.25, -0.2) is 14.4 Å². The van der Waals surface area contributed by atoms with Crippen molar-refractivity contribution in [3.05, 3.63) is 71.8 Å². The number of H-pyrrole nitrogens is 1. The number of hydrogen-bond acceptors (Lipinski definition) is 5. The number of aromatic amines is 1. The van der Waals surface area contributed by atoms with Crippen LogP contribution in [0.25, 0.3) is 11.2 Å². The number of anilines is 2. The molecule has 7 heteroatoms. The van der Waals surface area contributed by atoms with Crippen LogP contribution in [-0.4, -0.2) is 28.0 Å². The molecule has 1 aromatic carbocycles. The van der Waals surface area contributed by atoms with Crippen molar-refractivity contribution in [1.82, 2.24) is 15.0 Å². The van der Waals surface area contributed by atoms with Crippen molar-refractivity contribution in [1.29, 1.82) is 0 Å². The average molecular weight is 391 g/mol. The number of benzene rings is 1. The fourth-order valence-electron chi connectivity index (χ4n) is 3.59. The van der Waals surface area contributed by atoms with E-state index in [1.54, 1.807) is 18.5 Å². The summed E-state index contributed by atoms with van der Waals surface area (Å²) in [5.41, 5.74) is 4.03. The molecule has 0 saturated carbocycles. The van der Waals surface area contributed by atoms with Gasteiger partial charge in [0.15, 0.2) is 5.65 Å². The van der Waals surface area contributed by atoms with Crippen LogP contribution in [0.5, 0.6) is 0 Å². The second kappa shape index (κ2) is 7.58. The minimum absolute atomic E-state index is 0.161. The van der Waals surface area contributed by atoms with Crippen LogP contribution < -0.4 is 10.2 Å². The first-order valence-electron chi connectivity index (χ1n) is 9.89. The molecular formula is C22H22FN5O. The number of fused-ring (bicyclic) bond motifs is 1. The number of aryl methyl sites for hydroxylation is 2. The number of rotatable bonds is 7. The van der Waals surface area contributed by atoms with Crippen LogP contribution in [0.4, 0.5) is 15.8 Å². The average Bonchev–Trinajstić information content (AvgIpc) is 3.34. The third-order valence-corrected chi connectivity index (χ3v) is 5.32. The third kappa shape index (κ3) is 3.68. The largest absolute Gasteiger partial charge is 0.469 e. The Morgan fingerprint density at radius 3 is 2.86 bits per heavy atom. The molecule has 29 heavy (non-hydrogen) atoms. The minimum atomic E-state index is -0.161. The Bertz CT molecular complexity index is 1120. The number of imidazole rings is 1. The normalized spacial score (nSPS) is 13.6. The van der Waals surface area contributed by atoms with Crippen LogP contribution in [0, 0.1) is 5.82 Å². The second-order valence-electron chi connectivity index (χ2n) is 7.30. The van der Waals surface area contributed by atoms with E-state index >= 15 is 0 Å². The van der Waals surface area contributed by atoms with E-state index in [1.165, 1.54) is 0 Å². The highest BCUT2D eigenvalue weighted by Crippen LogP contribution is 2.26. The summed E-state index contributed by atoms with van der Waals surface area (Å²) in [5.74, 6) is 1.63. The van der Waals surface area contributed by atoms with Gasteiger partial charge in [-0.05, 0) is 42.3 Å². The maximum Gasteiger partial charge on any atom is 0.179 e. The topological polar surface area (TPSA) is 70.0 Å². The van der Waals surface area contributed by atoms with Crippen LogP contribution in [0.3, 0.4) is 0 Å². The Morgan fingerprint density at radius 2 is 2.10 bits per heavy atom. The number of nitrogens with one attached hydrogen (secondary N) is 2. The van der Waals surface area contributed by atoms with Crippen molar-refractivity contribution in [2.45, 2.75) is 25.8 Å². The van der Waals surface area contributed by atoms with Crippen molar-refractivity contribution >= 4 is 22.5 Å². The van der Waals surface area contributed by atoms with Crippen molar-refractivity contribution in [3.8, 4) is 0 Å². The summed E-state index contributed by atoms with van der Waals surface area (Å²) in [5, 5.41) is 3.38. The maximum absolute atomic E-state index is 14.4. The first-order valence-corrected chi connectivity index (χ1v) is 9.89. The summed E-state index contributed by atoms with van der Waals surface area (Å²) >= 11 is 0. The van der Waals surface area contributed by atoms with E-state index in [0.717, 1.165) is 60.7 Å². The van der Waals surface area contributed by atoms with E-state index in [1.807, 2.05) is 30.3 Å². The van der Waals surface area contributed by atoms with E-state index in [9.17, 15) is 4.39 Å². The molecule has 5 rings (SSSR count). The van der Waals surface area contributed by atoms with Gasteiger partial charge in [-0.2, -0.15) is 0 Å². The van der Waals surface area contributed by atoms with Crippen molar-refractivity contribution in [2.24, 2.45) is 0 Å². The molecule has 1 aliphatic heterocycles. The molecule has 6 nitrogen and oxygen atoms in total. The molecule has 0 amide bonds. The van der Waals surface area contributed by atoms with Gasteiger partial charge in [0.2, 0.25) is 0 Å². The number of halogens is 1. The van der Waals surface area contributed by atoms with Gasteiger partial charge in [-0.15, -0.1) is 0 Å². The summed E-state index contributed by atoms with van der Waals surface area (Å²) < 4.78 is 19.8. The van der Waals surface area contributed by atoms with Gasteiger partial charge in [0.25, 0.3) is 0 Å². The number of furan rings is 1. The molecule has 148 valence electrons. The highest BCUT2D eigenvalue weighted by atomic mass is 19.1. The molecule has 3 aromatic heterocycles. The van der Waals surface area contributed by atoms with Crippen molar-refractivity contribution in [3.63, 3.8) is 0 Å². The van der Waals surface area contributed by atoms with Crippen LogP contribution in [0.1, 0.15) is 23.6 Å². The van der Waals surface area contributed by atoms with Gasteiger partial charge in [0.1, 0.15) is 22.9 Å². The zero-order valence-electron chi connectivity index (χ0n) is 16.0. The smallest absolute Gasteiger partial charge is 0.179 e. The molecule has 0 atom stereocenters. The molecule has 0 aliphatic carbocycles. The fraction of sp³-hybridized carbons (Fsp3) is 0.273. The standard InChI is InChI=1S/C22H22FN5O/c23-17-13-15(4-6-19(17)28-10-2-11-28)14-25-18-8-9-24-22-21(18)26-20(27-22)7-5-16-3-1-12-29-16/h1,3-4,6,8-9,12-13H,2,5,7,10-11,14H2,(H2,24,25,26,27). The molecule has 0 bridgehead atoms. The van der Waals surface area contributed by atoms with Gasteiger partial charge in [-0.1, -0.05) is 6.07 Å². The SMILES string of the molecule is Fc1cc(CNc2ccnc3nc(CCc4ccco4)[nH]c23)ccc1N1CCC1. The zero-order valence-corrected chi connectivity index (χ0v) is 16.0. The first kappa shape index (κ1) is 17.7. The Labute approximate surface area is 167 Å². The number of pyridine rings is 1. The highest BCUT2D eigenvalue weighted by Gasteiger charge is 2.18. The molecule has 0 unspecified atom stereocenters. The summed E-state index contributed by atoms with van der Waals surface area (Å²) in [6.07, 6.45) is 6.06. The molecule has 1 fully saturated rings. The van der Waals surface area contributed by atoms with Crippen LogP contribution in [-0.2, 0) is 19.4 Å². The lowest BCUT2D eigenvalue weighted by Gasteiger charge is -2.33. The maximum atomic E-state index is 14.4. The molecule has 4 aromatic rings. The molecule has 4 heterocycles. The lowest BCUT2D eigenvalue weighted by Crippen LogP contribution is -2.37. The summed E-state index contributed by atoms with van der Waals surface area (Å²) in [6, 6.07) is 11.2. The van der Waals surface area contributed by atoms with Crippen LogP contribution in [0.15, 0.2) is 53.3 Å². The van der Waals surface area contributed by atoms with Gasteiger partial charge < -0.3 is 19.6 Å². The fourth-order valence-corrected chi connectivity index (χ4v) is 3.59. The lowest BCUT2D eigenvalue weighted by molar-refractivity contribution is 0.507. The van der Waals surface area contributed by atoms with E-state index in [2.05, 4.69) is 25.2 Å². The second-order valence-corrected chi connectivity index (χ2v) is 7.30. The zero-order chi connectivity index (χ0) is 19.6. The van der Waals surface area contributed by atoms with Crippen molar-refractivity contribution < 1.29 is 8.81 Å². The molecule has 0 spiro atoms. The van der Waals surface area contributed by atoms with Crippen molar-refractivity contribution in [2.75, 3.05) is 23.3 Å². The summed E-state index contributed by atoms with van der Waals surface area (Å²) in [4.78, 5) is 14.3.